The Morgan fingerprint density at radius 1 is 0.972 bits per heavy atom. The van der Waals surface area contributed by atoms with Gasteiger partial charge in [0.25, 0.3) is 11.8 Å². The first-order valence-corrected chi connectivity index (χ1v) is 11.7. The van der Waals surface area contributed by atoms with Gasteiger partial charge in [0.15, 0.2) is 11.6 Å². The van der Waals surface area contributed by atoms with Gasteiger partial charge in [0.05, 0.1) is 5.56 Å². The fraction of sp³-hybridized carbons (Fsp3) is 0.423. The largest absolute Gasteiger partial charge is 0.485 e. The average Bonchev–Trinajstić information content (AvgIpc) is 3.06. The Hall–Kier alpha value is -3.69. The van der Waals surface area contributed by atoms with Crippen LogP contribution >= 0.6 is 0 Å². The van der Waals surface area contributed by atoms with Crippen molar-refractivity contribution in [3.05, 3.63) is 64.7 Å². The lowest BCUT2D eigenvalue weighted by Gasteiger charge is -2.26. The molecular formula is C26H31F2N3O5. The normalized spacial score (nSPS) is 15.2. The van der Waals surface area contributed by atoms with E-state index in [0.29, 0.717) is 49.8 Å². The number of benzene rings is 2. The molecule has 1 unspecified atom stereocenters. The highest BCUT2D eigenvalue weighted by atomic mass is 19.2. The molecule has 1 fully saturated rings. The number of nitrogens with two attached hydrogens (primary N) is 1. The Bertz CT molecular complexity index is 1150. The monoisotopic (exact) mass is 503 g/mol. The summed E-state index contributed by atoms with van der Waals surface area (Å²) in [7, 11) is 0. The lowest BCUT2D eigenvalue weighted by atomic mass is 10.1. The van der Waals surface area contributed by atoms with Crippen LogP contribution in [0.3, 0.4) is 0 Å². The zero-order valence-corrected chi connectivity index (χ0v) is 20.8. The van der Waals surface area contributed by atoms with Crippen molar-refractivity contribution in [2.24, 2.45) is 5.73 Å². The third-order valence-electron chi connectivity index (χ3n) is 5.63. The van der Waals surface area contributed by atoms with Crippen LogP contribution in [0.4, 0.5) is 13.6 Å². The van der Waals surface area contributed by atoms with Crippen LogP contribution in [0.15, 0.2) is 36.4 Å². The number of ether oxygens (including phenoxy) is 2. The van der Waals surface area contributed by atoms with Gasteiger partial charge in [0, 0.05) is 37.8 Å². The third kappa shape index (κ3) is 6.71. The van der Waals surface area contributed by atoms with E-state index in [1.807, 2.05) is 0 Å². The maximum Gasteiger partial charge on any atom is 0.410 e. The van der Waals surface area contributed by atoms with Gasteiger partial charge < -0.3 is 25.0 Å². The molecule has 0 saturated carbocycles. The van der Waals surface area contributed by atoms with Crippen LogP contribution in [0.5, 0.6) is 5.75 Å². The molecule has 0 radical (unpaired) electrons. The summed E-state index contributed by atoms with van der Waals surface area (Å²) in [4.78, 5) is 40.5. The Balaban J connectivity index is 1.71. The lowest BCUT2D eigenvalue weighted by molar-refractivity contribution is 0.0255. The second-order valence-corrected chi connectivity index (χ2v) is 9.63. The van der Waals surface area contributed by atoms with E-state index in [4.69, 9.17) is 15.2 Å². The van der Waals surface area contributed by atoms with Crippen molar-refractivity contribution in [1.29, 1.82) is 0 Å². The number of carbonyl (C=O) groups excluding carboxylic acids is 3. The average molecular weight is 504 g/mol. The topological polar surface area (TPSA) is 102 Å². The van der Waals surface area contributed by atoms with Gasteiger partial charge in [0.1, 0.15) is 17.5 Å². The second-order valence-electron chi connectivity index (χ2n) is 9.63. The molecule has 2 N–H and O–H groups in total. The molecule has 0 aromatic heterocycles. The number of primary amides is 1. The minimum Gasteiger partial charge on any atom is -0.485 e. The summed E-state index contributed by atoms with van der Waals surface area (Å²) < 4.78 is 38.5. The first-order valence-electron chi connectivity index (χ1n) is 11.7. The first kappa shape index (κ1) is 26.9. The molecular weight excluding hydrogens is 472 g/mol. The third-order valence-corrected chi connectivity index (χ3v) is 5.63. The fourth-order valence-corrected chi connectivity index (χ4v) is 3.81. The fourth-order valence-electron chi connectivity index (χ4n) is 3.81. The summed E-state index contributed by atoms with van der Waals surface area (Å²) in [6.07, 6.45) is -0.499. The van der Waals surface area contributed by atoms with Crippen LogP contribution < -0.4 is 10.5 Å². The smallest absolute Gasteiger partial charge is 0.410 e. The van der Waals surface area contributed by atoms with E-state index < -0.39 is 35.3 Å². The van der Waals surface area contributed by atoms with Gasteiger partial charge in [-0.05, 0) is 57.9 Å². The van der Waals surface area contributed by atoms with Gasteiger partial charge in [-0.15, -0.1) is 0 Å². The molecule has 1 saturated heterocycles. The SMILES string of the molecule is CC(Oc1cc(F)c(F)cc1C(N)=O)c1cccc(C(=O)N2CCCN(C(=O)OC(C)(C)C)CC2)c1. The number of amides is 3. The highest BCUT2D eigenvalue weighted by Crippen LogP contribution is 2.28. The molecule has 10 heteroatoms. The van der Waals surface area contributed by atoms with Gasteiger partial charge in [-0.1, -0.05) is 12.1 Å². The lowest BCUT2D eigenvalue weighted by Crippen LogP contribution is -2.40. The summed E-state index contributed by atoms with van der Waals surface area (Å²) >= 11 is 0. The van der Waals surface area contributed by atoms with Crippen LogP contribution in [0.2, 0.25) is 0 Å². The molecule has 3 rings (SSSR count). The van der Waals surface area contributed by atoms with Crippen LogP contribution in [0, 0.1) is 11.6 Å². The Labute approximate surface area is 208 Å². The highest BCUT2D eigenvalue weighted by molar-refractivity contribution is 5.96. The quantitative estimate of drug-likeness (QED) is 0.656. The molecule has 1 aliphatic heterocycles. The Kier molecular flexibility index (Phi) is 8.17. The first-order chi connectivity index (χ1) is 16.9. The van der Waals surface area contributed by atoms with Crippen molar-refractivity contribution in [1.82, 2.24) is 9.80 Å². The predicted molar refractivity (Wildman–Crippen MR) is 129 cm³/mol. The number of nitrogens with zero attached hydrogens (tertiary/aromatic N) is 2. The standard InChI is InChI=1S/C26H31F2N3O5/c1-16(35-22-15-21(28)20(27)14-19(22)23(29)32)17-7-5-8-18(13-17)24(33)30-9-6-10-31(12-11-30)25(34)36-26(2,3)4/h5,7-8,13-16H,6,9-12H2,1-4H3,(H2,29,32). The molecule has 0 aliphatic carbocycles. The minimum absolute atomic E-state index is 0.194. The van der Waals surface area contributed by atoms with Crippen LogP contribution in [0.1, 0.15) is 66.5 Å². The van der Waals surface area contributed by atoms with Crippen LogP contribution in [-0.2, 0) is 4.74 Å². The second kappa shape index (κ2) is 10.9. The van der Waals surface area contributed by atoms with Crippen molar-refractivity contribution >= 4 is 17.9 Å². The number of halogens is 2. The van der Waals surface area contributed by atoms with E-state index >= 15 is 0 Å². The van der Waals surface area contributed by atoms with Crippen molar-refractivity contribution in [2.75, 3.05) is 26.2 Å². The summed E-state index contributed by atoms with van der Waals surface area (Å²) in [5.74, 6) is -3.74. The summed E-state index contributed by atoms with van der Waals surface area (Å²) in [5, 5.41) is 0. The Morgan fingerprint density at radius 2 is 1.61 bits per heavy atom. The molecule has 2 aromatic rings. The molecule has 1 aliphatic rings. The van der Waals surface area contributed by atoms with E-state index in [1.54, 1.807) is 61.8 Å². The molecule has 0 bridgehead atoms. The number of hydrogen-bond acceptors (Lipinski definition) is 5. The van der Waals surface area contributed by atoms with E-state index in [2.05, 4.69) is 0 Å². The molecule has 36 heavy (non-hydrogen) atoms. The molecule has 1 heterocycles. The minimum atomic E-state index is -1.21. The van der Waals surface area contributed by atoms with Gasteiger partial charge in [0.2, 0.25) is 0 Å². The summed E-state index contributed by atoms with van der Waals surface area (Å²) in [6, 6.07) is 8.19. The van der Waals surface area contributed by atoms with Gasteiger partial charge in [-0.25, -0.2) is 13.6 Å². The van der Waals surface area contributed by atoms with E-state index in [0.717, 1.165) is 6.07 Å². The zero-order valence-electron chi connectivity index (χ0n) is 20.8. The Morgan fingerprint density at radius 3 is 2.28 bits per heavy atom. The van der Waals surface area contributed by atoms with Crippen LogP contribution in [-0.4, -0.2) is 59.5 Å². The summed E-state index contributed by atoms with van der Waals surface area (Å²) in [5.41, 5.74) is 5.39. The van der Waals surface area contributed by atoms with Crippen molar-refractivity contribution < 1.29 is 32.6 Å². The molecule has 3 amide bonds. The van der Waals surface area contributed by atoms with Crippen molar-refractivity contribution in [3.63, 3.8) is 0 Å². The predicted octanol–water partition coefficient (Wildman–Crippen LogP) is 4.29. The van der Waals surface area contributed by atoms with Gasteiger partial charge in [-0.3, -0.25) is 9.59 Å². The number of rotatable bonds is 5. The van der Waals surface area contributed by atoms with Gasteiger partial charge >= 0.3 is 6.09 Å². The maximum absolute atomic E-state index is 13.8. The number of hydrogen-bond donors (Lipinski definition) is 1. The molecule has 194 valence electrons. The molecule has 8 nitrogen and oxygen atoms in total. The van der Waals surface area contributed by atoms with Crippen molar-refractivity contribution in [2.45, 2.75) is 45.8 Å². The van der Waals surface area contributed by atoms with E-state index in [1.165, 1.54) is 0 Å². The molecule has 2 aromatic carbocycles. The molecule has 0 spiro atoms. The van der Waals surface area contributed by atoms with Gasteiger partial charge in [-0.2, -0.15) is 0 Å². The van der Waals surface area contributed by atoms with E-state index in [9.17, 15) is 23.2 Å². The highest BCUT2D eigenvalue weighted by Gasteiger charge is 2.27. The van der Waals surface area contributed by atoms with Crippen molar-refractivity contribution in [3.8, 4) is 5.75 Å². The van der Waals surface area contributed by atoms with E-state index in [-0.39, 0.29) is 17.2 Å². The molecule has 1 atom stereocenters. The summed E-state index contributed by atoms with van der Waals surface area (Å²) in [6.45, 7) is 8.73. The zero-order chi connectivity index (χ0) is 26.6. The van der Waals surface area contributed by atoms with Crippen LogP contribution in [0.25, 0.3) is 0 Å². The number of carbonyl (C=O) groups is 3. The maximum atomic E-state index is 13.8.